The smallest absolute Gasteiger partial charge is 0.417 e. The molecular weight excluding hydrogens is 334 g/mol. The average Bonchev–Trinajstić information content (AvgIpc) is 2.74. The quantitative estimate of drug-likeness (QED) is 0.657. The minimum Gasteiger partial charge on any atom is -0.443 e. The van der Waals surface area contributed by atoms with Crippen molar-refractivity contribution in [2.24, 2.45) is 0 Å². The maximum absolute atomic E-state index is 12.7. The lowest BCUT2D eigenvalue weighted by Crippen LogP contribution is -2.54. The highest BCUT2D eigenvalue weighted by atomic mass is 79.9. The number of anilines is 1. The predicted molar refractivity (Wildman–Crippen MR) is 84.7 cm³/mol. The van der Waals surface area contributed by atoms with Crippen LogP contribution in [-0.2, 0) is 13.8 Å². The van der Waals surface area contributed by atoms with E-state index in [1.165, 1.54) is 0 Å². The molecule has 0 saturated carbocycles. The van der Waals surface area contributed by atoms with Crippen molar-refractivity contribution < 1.29 is 14.3 Å². The van der Waals surface area contributed by atoms with E-state index in [0.29, 0.717) is 6.61 Å². The fourth-order valence-electron chi connectivity index (χ4n) is 3.18. The van der Waals surface area contributed by atoms with E-state index < -0.39 is 11.3 Å². The van der Waals surface area contributed by atoms with Crippen molar-refractivity contribution in [2.45, 2.75) is 49.8 Å². The molecule has 2 aliphatic heterocycles. The summed E-state index contributed by atoms with van der Waals surface area (Å²) in [6.45, 7) is 8.15. The van der Waals surface area contributed by atoms with E-state index in [1.54, 1.807) is 4.90 Å². The second-order valence-electron chi connectivity index (χ2n) is 6.72. The van der Waals surface area contributed by atoms with Crippen LogP contribution in [0.4, 0.5) is 10.5 Å². The number of carbonyl (C=O) groups excluding carboxylic acids is 1. The molecule has 2 heterocycles. The fourth-order valence-corrected chi connectivity index (χ4v) is 3.97. The number of ether oxygens (including phenoxy) is 2. The van der Waals surface area contributed by atoms with Crippen LogP contribution in [0.25, 0.3) is 0 Å². The van der Waals surface area contributed by atoms with Crippen LogP contribution in [0, 0.1) is 0 Å². The Hall–Kier alpha value is -1.07. The van der Waals surface area contributed by atoms with Crippen LogP contribution in [0.15, 0.2) is 24.3 Å². The highest BCUT2D eigenvalue weighted by molar-refractivity contribution is 9.09. The summed E-state index contributed by atoms with van der Waals surface area (Å²) in [6.07, 6.45) is 0.445. The van der Waals surface area contributed by atoms with Gasteiger partial charge in [0.1, 0.15) is 9.93 Å². The predicted octanol–water partition coefficient (Wildman–Crippen LogP) is 4.17. The first-order valence-corrected chi connectivity index (χ1v) is 7.94. The van der Waals surface area contributed by atoms with Gasteiger partial charge in [0.25, 0.3) is 0 Å². The van der Waals surface area contributed by atoms with Crippen LogP contribution in [0.5, 0.6) is 0 Å². The normalized spacial score (nSPS) is 31.0. The van der Waals surface area contributed by atoms with Gasteiger partial charge >= 0.3 is 6.09 Å². The molecule has 3 rings (SSSR count). The number of benzene rings is 1. The Morgan fingerprint density at radius 1 is 1.38 bits per heavy atom. The van der Waals surface area contributed by atoms with Gasteiger partial charge in [-0.2, -0.15) is 0 Å². The lowest BCUT2D eigenvalue weighted by molar-refractivity contribution is -0.00436. The first kappa shape index (κ1) is 14.9. The lowest BCUT2D eigenvalue weighted by atomic mass is 9.92. The molecule has 1 fully saturated rings. The van der Waals surface area contributed by atoms with Gasteiger partial charge in [0, 0.05) is 0 Å². The molecule has 0 aliphatic carbocycles. The van der Waals surface area contributed by atoms with E-state index in [2.05, 4.69) is 15.9 Å². The van der Waals surface area contributed by atoms with Crippen molar-refractivity contribution in [3.63, 3.8) is 0 Å². The van der Waals surface area contributed by atoms with Gasteiger partial charge in [-0.1, -0.05) is 34.1 Å². The molecule has 0 spiro atoms. The summed E-state index contributed by atoms with van der Waals surface area (Å²) < 4.78 is 11.2. The molecule has 5 heteroatoms. The van der Waals surface area contributed by atoms with Gasteiger partial charge < -0.3 is 9.47 Å². The fraction of sp³-hybridized carbons (Fsp3) is 0.562. The summed E-state index contributed by atoms with van der Waals surface area (Å²) >= 11 is 3.84. The third-order valence-corrected chi connectivity index (χ3v) is 5.70. The van der Waals surface area contributed by atoms with Crippen molar-refractivity contribution >= 4 is 27.7 Å². The Bertz CT molecular complexity index is 597. The molecule has 1 saturated heterocycles. The zero-order chi connectivity index (χ0) is 15.5. The van der Waals surface area contributed by atoms with E-state index in [-0.39, 0.29) is 10.4 Å². The molecule has 2 atom stereocenters. The van der Waals surface area contributed by atoms with Gasteiger partial charge in [-0.15, -0.1) is 0 Å². The minimum atomic E-state index is -0.765. The second-order valence-corrected chi connectivity index (χ2v) is 8.07. The van der Waals surface area contributed by atoms with Gasteiger partial charge in [-0.3, -0.25) is 0 Å². The lowest BCUT2D eigenvalue weighted by Gasteiger charge is -2.38. The van der Waals surface area contributed by atoms with Gasteiger partial charge in [0.05, 0.1) is 12.3 Å². The maximum atomic E-state index is 12.7. The van der Waals surface area contributed by atoms with Crippen LogP contribution in [0.1, 0.15) is 39.7 Å². The third-order valence-electron chi connectivity index (χ3n) is 4.14. The molecule has 1 aromatic carbocycles. The summed E-state index contributed by atoms with van der Waals surface area (Å²) in [4.78, 5) is 14.4. The Balaban J connectivity index is 2.10. The van der Waals surface area contributed by atoms with Crippen LogP contribution in [0.3, 0.4) is 0 Å². The van der Waals surface area contributed by atoms with Crippen molar-refractivity contribution in [3.05, 3.63) is 29.8 Å². The molecule has 4 nitrogen and oxygen atoms in total. The molecule has 0 aromatic heterocycles. The molecule has 0 bridgehead atoms. The van der Waals surface area contributed by atoms with Crippen molar-refractivity contribution in [3.8, 4) is 0 Å². The molecule has 1 amide bonds. The highest BCUT2D eigenvalue weighted by Crippen LogP contribution is 2.61. The average molecular weight is 354 g/mol. The number of hydrogen-bond donors (Lipinski definition) is 0. The Morgan fingerprint density at radius 3 is 2.71 bits per heavy atom. The number of amides is 1. The van der Waals surface area contributed by atoms with Gasteiger partial charge in [-0.05, 0) is 45.7 Å². The Labute approximate surface area is 133 Å². The number of halogens is 1. The van der Waals surface area contributed by atoms with Gasteiger partial charge in [0.15, 0.2) is 5.72 Å². The summed E-state index contributed by atoms with van der Waals surface area (Å²) in [5.74, 6) is 0. The van der Waals surface area contributed by atoms with E-state index in [0.717, 1.165) is 17.7 Å². The molecule has 0 radical (unpaired) electrons. The Kier molecular flexibility index (Phi) is 3.16. The highest BCUT2D eigenvalue weighted by Gasteiger charge is 2.64. The monoisotopic (exact) mass is 353 g/mol. The zero-order valence-electron chi connectivity index (χ0n) is 12.8. The summed E-state index contributed by atoms with van der Waals surface area (Å²) in [6, 6.07) is 7.90. The molecule has 0 unspecified atom stereocenters. The molecule has 2 aliphatic rings. The maximum Gasteiger partial charge on any atom is 0.417 e. The van der Waals surface area contributed by atoms with E-state index in [1.807, 2.05) is 52.0 Å². The van der Waals surface area contributed by atoms with Crippen molar-refractivity contribution in [1.29, 1.82) is 0 Å². The number of para-hydroxylation sites is 1. The number of rotatable bonds is 0. The van der Waals surface area contributed by atoms with Crippen LogP contribution in [-0.4, -0.2) is 24.0 Å². The number of nitrogens with zero attached hydrogens (tertiary/aromatic N) is 1. The zero-order valence-corrected chi connectivity index (χ0v) is 14.4. The van der Waals surface area contributed by atoms with Crippen molar-refractivity contribution in [1.82, 2.24) is 0 Å². The molecule has 0 N–H and O–H groups in total. The number of carbonyl (C=O) groups is 1. The Morgan fingerprint density at radius 2 is 2.05 bits per heavy atom. The third kappa shape index (κ3) is 2.01. The summed E-state index contributed by atoms with van der Waals surface area (Å²) in [5.41, 5.74) is 0.624. The standard InChI is InChI=1S/C16H20BrNO3/c1-14(2,3)21-13(19)18-12-8-6-5-7-11(12)16(17)9-10-20-15(16,18)4/h5-8H,9-10H2,1-4H3/t15-,16+/m0/s1. The first-order valence-electron chi connectivity index (χ1n) is 7.15. The number of alkyl halides is 1. The topological polar surface area (TPSA) is 38.8 Å². The number of fused-ring (bicyclic) bond motifs is 3. The summed E-state index contributed by atoms with van der Waals surface area (Å²) in [7, 11) is 0. The minimum absolute atomic E-state index is 0.374. The number of hydrogen-bond acceptors (Lipinski definition) is 3. The van der Waals surface area contributed by atoms with E-state index >= 15 is 0 Å². The van der Waals surface area contributed by atoms with E-state index in [9.17, 15) is 4.79 Å². The van der Waals surface area contributed by atoms with Crippen molar-refractivity contribution in [2.75, 3.05) is 11.5 Å². The largest absolute Gasteiger partial charge is 0.443 e. The molecule has 21 heavy (non-hydrogen) atoms. The first-order chi connectivity index (χ1) is 9.69. The molecule has 1 aromatic rings. The summed E-state index contributed by atoms with van der Waals surface area (Å²) in [5, 5.41) is 0. The molecule has 114 valence electrons. The van der Waals surface area contributed by atoms with Gasteiger partial charge in [-0.25, -0.2) is 9.69 Å². The van der Waals surface area contributed by atoms with Crippen LogP contribution >= 0.6 is 15.9 Å². The van der Waals surface area contributed by atoms with Crippen LogP contribution in [0.2, 0.25) is 0 Å². The van der Waals surface area contributed by atoms with Gasteiger partial charge in [0.2, 0.25) is 0 Å². The van der Waals surface area contributed by atoms with E-state index in [4.69, 9.17) is 9.47 Å². The molecular formula is C16H20BrNO3. The van der Waals surface area contributed by atoms with Crippen LogP contribution < -0.4 is 4.90 Å². The second kappa shape index (κ2) is 4.46. The SMILES string of the molecule is CC(C)(C)OC(=O)N1c2ccccc2[C@]2(Br)CCO[C@]12C.